The summed E-state index contributed by atoms with van der Waals surface area (Å²) in [5, 5.41) is 4.06. The summed E-state index contributed by atoms with van der Waals surface area (Å²) in [5.41, 5.74) is 7.85. The van der Waals surface area contributed by atoms with Gasteiger partial charge in [-0.1, -0.05) is 0 Å². The van der Waals surface area contributed by atoms with Crippen molar-refractivity contribution in [3.63, 3.8) is 0 Å². The third-order valence-electron chi connectivity index (χ3n) is 2.62. The Balaban J connectivity index is 2.06. The zero-order valence-corrected chi connectivity index (χ0v) is 9.24. The Kier molecular flexibility index (Phi) is 2.07. The molecule has 0 fully saturated rings. The Morgan fingerprint density at radius 1 is 1.41 bits per heavy atom. The topological polar surface area (TPSA) is 82.8 Å². The molecule has 3 rings (SSSR count). The van der Waals surface area contributed by atoms with Gasteiger partial charge in [0, 0.05) is 5.69 Å². The van der Waals surface area contributed by atoms with Crippen LogP contribution in [0.3, 0.4) is 0 Å². The fourth-order valence-corrected chi connectivity index (χ4v) is 1.67. The van der Waals surface area contributed by atoms with Crippen LogP contribution in [0.1, 0.15) is 18.9 Å². The average Bonchev–Trinajstić information content (AvgIpc) is 2.96. The summed E-state index contributed by atoms with van der Waals surface area (Å²) in [6.45, 7) is 1.95. The van der Waals surface area contributed by atoms with Crippen LogP contribution in [0, 0.1) is 0 Å². The number of oxazole rings is 1. The maximum absolute atomic E-state index is 5.69. The number of aromatic nitrogens is 4. The molecule has 2 aromatic heterocycles. The molecule has 6 heteroatoms. The van der Waals surface area contributed by atoms with E-state index < -0.39 is 0 Å². The Hall–Kier alpha value is -2.37. The summed E-state index contributed by atoms with van der Waals surface area (Å²) >= 11 is 0. The Morgan fingerprint density at radius 2 is 2.29 bits per heavy atom. The van der Waals surface area contributed by atoms with Gasteiger partial charge in [0.1, 0.15) is 24.2 Å². The fourth-order valence-electron chi connectivity index (χ4n) is 1.67. The third kappa shape index (κ3) is 1.63. The van der Waals surface area contributed by atoms with Gasteiger partial charge in [-0.25, -0.2) is 14.6 Å². The van der Waals surface area contributed by atoms with Crippen LogP contribution < -0.4 is 5.73 Å². The first kappa shape index (κ1) is 9.83. The second-order valence-electron chi connectivity index (χ2n) is 3.83. The molecule has 0 radical (unpaired) electrons. The second kappa shape index (κ2) is 3.58. The van der Waals surface area contributed by atoms with Crippen LogP contribution >= 0.6 is 0 Å². The number of benzene rings is 1. The van der Waals surface area contributed by atoms with Crippen molar-refractivity contribution >= 4 is 16.8 Å². The molecular weight excluding hydrogens is 218 g/mol. The molecule has 1 atom stereocenters. The van der Waals surface area contributed by atoms with Gasteiger partial charge < -0.3 is 10.2 Å². The number of fused-ring (bicyclic) bond motifs is 1. The molecule has 0 saturated heterocycles. The van der Waals surface area contributed by atoms with Crippen LogP contribution in [0.2, 0.25) is 0 Å². The van der Waals surface area contributed by atoms with E-state index in [0.29, 0.717) is 11.6 Å². The van der Waals surface area contributed by atoms with Crippen LogP contribution in [-0.4, -0.2) is 19.7 Å². The fraction of sp³-hybridized carbons (Fsp3) is 0.182. The molecule has 0 aliphatic heterocycles. The number of hydrogen-bond acceptors (Lipinski definition) is 5. The van der Waals surface area contributed by atoms with Gasteiger partial charge in [-0.05, 0) is 25.1 Å². The number of nitrogens with zero attached hydrogens (tertiary/aromatic N) is 4. The monoisotopic (exact) mass is 229 g/mol. The highest BCUT2D eigenvalue weighted by molar-refractivity contribution is 5.76. The second-order valence-corrected chi connectivity index (χ2v) is 3.83. The predicted octanol–water partition coefficient (Wildman–Crippen LogP) is 1.61. The molecule has 3 aromatic rings. The Labute approximate surface area is 97.1 Å². The molecule has 2 heterocycles. The van der Waals surface area contributed by atoms with Gasteiger partial charge in [0.05, 0.1) is 0 Å². The summed E-state index contributed by atoms with van der Waals surface area (Å²) in [4.78, 5) is 8.29. The molecule has 0 aliphatic carbocycles. The molecule has 0 bridgehead atoms. The Bertz CT molecular complexity index is 643. The lowest BCUT2D eigenvalue weighted by atomic mass is 10.3. The van der Waals surface area contributed by atoms with Gasteiger partial charge in [-0.15, -0.1) is 0 Å². The number of anilines is 1. The first-order valence-corrected chi connectivity index (χ1v) is 5.24. The Morgan fingerprint density at radius 3 is 3.06 bits per heavy atom. The number of nitrogen functional groups attached to an aromatic ring is 1. The number of nitrogens with two attached hydrogens (primary N) is 1. The molecule has 1 unspecified atom stereocenters. The highest BCUT2D eigenvalue weighted by Gasteiger charge is 2.15. The number of rotatable bonds is 2. The van der Waals surface area contributed by atoms with Gasteiger partial charge in [0.15, 0.2) is 5.58 Å². The van der Waals surface area contributed by atoms with E-state index in [1.54, 1.807) is 23.1 Å². The summed E-state index contributed by atoms with van der Waals surface area (Å²) in [5.74, 6) is 0.594. The summed E-state index contributed by atoms with van der Waals surface area (Å²) in [6, 6.07) is 5.30. The van der Waals surface area contributed by atoms with Crippen molar-refractivity contribution in [2.24, 2.45) is 0 Å². The molecule has 1 aromatic carbocycles. The van der Waals surface area contributed by atoms with Gasteiger partial charge in [-0.2, -0.15) is 5.10 Å². The van der Waals surface area contributed by atoms with Crippen molar-refractivity contribution in [3.8, 4) is 0 Å². The lowest BCUT2D eigenvalue weighted by Crippen LogP contribution is -2.07. The molecule has 0 spiro atoms. The number of hydrogen-bond donors (Lipinski definition) is 1. The van der Waals surface area contributed by atoms with E-state index in [0.717, 1.165) is 11.1 Å². The van der Waals surface area contributed by atoms with Gasteiger partial charge in [0.25, 0.3) is 0 Å². The minimum absolute atomic E-state index is 0.0916. The quantitative estimate of drug-likeness (QED) is 0.675. The van der Waals surface area contributed by atoms with Crippen LogP contribution in [0.25, 0.3) is 11.1 Å². The molecule has 86 valence electrons. The van der Waals surface area contributed by atoms with E-state index >= 15 is 0 Å². The molecule has 0 amide bonds. The van der Waals surface area contributed by atoms with E-state index in [4.69, 9.17) is 10.2 Å². The highest BCUT2D eigenvalue weighted by Crippen LogP contribution is 2.23. The minimum Gasteiger partial charge on any atom is -0.438 e. The van der Waals surface area contributed by atoms with Gasteiger partial charge >= 0.3 is 0 Å². The highest BCUT2D eigenvalue weighted by atomic mass is 16.3. The molecule has 6 nitrogen and oxygen atoms in total. The van der Waals surface area contributed by atoms with E-state index in [9.17, 15) is 0 Å². The largest absolute Gasteiger partial charge is 0.438 e. The molecule has 0 saturated carbocycles. The first-order valence-electron chi connectivity index (χ1n) is 5.24. The van der Waals surface area contributed by atoms with Gasteiger partial charge in [-0.3, -0.25) is 0 Å². The maximum Gasteiger partial charge on any atom is 0.220 e. The summed E-state index contributed by atoms with van der Waals surface area (Å²) in [6.07, 6.45) is 3.12. The standard InChI is InChI=1S/C11H11N5O/c1-7(16-6-13-5-14-16)11-15-9-4-8(12)2-3-10(9)17-11/h2-7H,12H2,1H3. The maximum atomic E-state index is 5.69. The van der Waals surface area contributed by atoms with Gasteiger partial charge in [0.2, 0.25) is 5.89 Å². The van der Waals surface area contributed by atoms with Crippen molar-refractivity contribution in [3.05, 3.63) is 36.7 Å². The van der Waals surface area contributed by atoms with Crippen LogP contribution in [0.15, 0.2) is 35.3 Å². The zero-order valence-electron chi connectivity index (χ0n) is 9.24. The summed E-state index contributed by atoms with van der Waals surface area (Å²) < 4.78 is 7.34. The zero-order chi connectivity index (χ0) is 11.8. The normalized spacial score (nSPS) is 13.0. The lowest BCUT2D eigenvalue weighted by Gasteiger charge is -2.05. The average molecular weight is 229 g/mol. The van der Waals surface area contributed by atoms with Crippen molar-refractivity contribution in [2.75, 3.05) is 5.73 Å². The van der Waals surface area contributed by atoms with E-state index in [1.807, 2.05) is 13.0 Å². The molecule has 0 aliphatic rings. The molecule has 17 heavy (non-hydrogen) atoms. The lowest BCUT2D eigenvalue weighted by molar-refractivity contribution is 0.427. The smallest absolute Gasteiger partial charge is 0.220 e. The van der Waals surface area contributed by atoms with Crippen LogP contribution in [-0.2, 0) is 0 Å². The summed E-state index contributed by atoms with van der Waals surface area (Å²) in [7, 11) is 0. The SMILES string of the molecule is CC(c1nc2cc(N)ccc2o1)n1cncn1. The van der Waals surface area contributed by atoms with Crippen LogP contribution in [0.4, 0.5) is 5.69 Å². The molecular formula is C11H11N5O. The van der Waals surface area contributed by atoms with E-state index in [1.165, 1.54) is 6.33 Å². The minimum atomic E-state index is -0.0916. The van der Waals surface area contributed by atoms with Crippen molar-refractivity contribution in [1.29, 1.82) is 0 Å². The van der Waals surface area contributed by atoms with Crippen molar-refractivity contribution in [1.82, 2.24) is 19.7 Å². The molecule has 2 N–H and O–H groups in total. The van der Waals surface area contributed by atoms with Crippen LogP contribution in [0.5, 0.6) is 0 Å². The third-order valence-corrected chi connectivity index (χ3v) is 2.62. The van der Waals surface area contributed by atoms with Crippen molar-refractivity contribution < 1.29 is 4.42 Å². The van der Waals surface area contributed by atoms with E-state index in [-0.39, 0.29) is 6.04 Å². The first-order chi connectivity index (χ1) is 8.24. The predicted molar refractivity (Wildman–Crippen MR) is 62.3 cm³/mol. The van der Waals surface area contributed by atoms with Crippen molar-refractivity contribution in [2.45, 2.75) is 13.0 Å². The van der Waals surface area contributed by atoms with E-state index in [2.05, 4.69) is 15.1 Å².